The third-order valence-electron chi connectivity index (χ3n) is 2.05. The molecule has 0 bridgehead atoms. The molecule has 1 aromatic rings. The normalized spacial score (nSPS) is 16.7. The predicted octanol–water partition coefficient (Wildman–Crippen LogP) is 2.31. The molecule has 1 atom stereocenters. The van der Waals surface area contributed by atoms with E-state index in [1.165, 1.54) is 6.92 Å². The quantitative estimate of drug-likeness (QED) is 0.895. The summed E-state index contributed by atoms with van der Waals surface area (Å²) in [6, 6.07) is 1.65. The number of thiophene rings is 1. The van der Waals surface area contributed by atoms with Crippen molar-refractivity contribution < 1.29 is 13.9 Å². The van der Waals surface area contributed by atoms with E-state index >= 15 is 0 Å². The fourth-order valence-corrected chi connectivity index (χ4v) is 2.91. The maximum Gasteiger partial charge on any atom is 0.292 e. The molecule has 1 heterocycles. The van der Waals surface area contributed by atoms with E-state index in [1.54, 1.807) is 11.4 Å². The molecule has 0 spiro atoms. The van der Waals surface area contributed by atoms with Gasteiger partial charge in [-0.15, -0.1) is 11.3 Å². The lowest BCUT2D eigenvalue weighted by atomic mass is 9.93. The smallest absolute Gasteiger partial charge is 0.292 e. The Hall–Kier alpha value is -0.0400. The van der Waals surface area contributed by atoms with Crippen molar-refractivity contribution in [3.8, 4) is 0 Å². The number of nitrogens with two attached hydrogens (primary N) is 1. The molecular weight excluding hydrogens is 276 g/mol. The van der Waals surface area contributed by atoms with Crippen LogP contribution in [0.2, 0.25) is 0 Å². The molecule has 1 unspecified atom stereocenters. The van der Waals surface area contributed by atoms with Crippen LogP contribution in [0.25, 0.3) is 0 Å². The molecule has 14 heavy (non-hydrogen) atoms. The first-order valence-electron chi connectivity index (χ1n) is 3.84. The van der Waals surface area contributed by atoms with Gasteiger partial charge in [0.2, 0.25) is 0 Å². The largest absolute Gasteiger partial charge is 0.390 e. The molecule has 2 nitrogen and oxygen atoms in total. The van der Waals surface area contributed by atoms with Crippen LogP contribution in [-0.2, 0) is 5.54 Å². The maximum atomic E-state index is 13.3. The van der Waals surface area contributed by atoms with Crippen molar-refractivity contribution in [3.05, 3.63) is 20.8 Å². The van der Waals surface area contributed by atoms with Crippen LogP contribution in [0.1, 0.15) is 11.8 Å². The van der Waals surface area contributed by atoms with Gasteiger partial charge in [-0.25, -0.2) is 8.78 Å². The van der Waals surface area contributed by atoms with Crippen LogP contribution in [-0.4, -0.2) is 17.6 Å². The number of rotatable bonds is 3. The highest BCUT2D eigenvalue weighted by Gasteiger charge is 2.49. The highest BCUT2D eigenvalue weighted by molar-refractivity contribution is 9.10. The Bertz CT molecular complexity index is 327. The maximum absolute atomic E-state index is 13.3. The fourth-order valence-electron chi connectivity index (χ4n) is 0.995. The van der Waals surface area contributed by atoms with Gasteiger partial charge in [-0.2, -0.15) is 0 Å². The average Bonchev–Trinajstić information content (AvgIpc) is 2.51. The minimum Gasteiger partial charge on any atom is -0.390 e. The van der Waals surface area contributed by atoms with Gasteiger partial charge in [-0.1, -0.05) is 0 Å². The van der Waals surface area contributed by atoms with E-state index in [-0.39, 0.29) is 0 Å². The monoisotopic (exact) mass is 285 g/mol. The lowest BCUT2D eigenvalue weighted by molar-refractivity contribution is -0.107. The third-order valence-corrected chi connectivity index (χ3v) is 4.12. The molecule has 0 aliphatic carbocycles. The van der Waals surface area contributed by atoms with Crippen LogP contribution in [0.5, 0.6) is 0 Å². The minimum absolute atomic E-state index is 0.330. The second-order valence-corrected chi connectivity index (χ2v) is 4.93. The van der Waals surface area contributed by atoms with Crippen LogP contribution >= 0.6 is 27.3 Å². The van der Waals surface area contributed by atoms with Gasteiger partial charge in [-0.3, -0.25) is 0 Å². The zero-order valence-electron chi connectivity index (χ0n) is 7.43. The van der Waals surface area contributed by atoms with Crippen molar-refractivity contribution in [3.63, 3.8) is 0 Å². The topological polar surface area (TPSA) is 46.2 Å². The Morgan fingerprint density at radius 1 is 1.64 bits per heavy atom. The van der Waals surface area contributed by atoms with Gasteiger partial charge in [0.25, 0.3) is 5.92 Å². The SMILES string of the molecule is CC(N)(c1sccc1Br)C(F)(F)CO. The Morgan fingerprint density at radius 3 is 2.57 bits per heavy atom. The molecule has 80 valence electrons. The van der Waals surface area contributed by atoms with Crippen LogP contribution < -0.4 is 5.73 Å². The fraction of sp³-hybridized carbons (Fsp3) is 0.500. The number of hydrogen-bond acceptors (Lipinski definition) is 3. The first-order valence-corrected chi connectivity index (χ1v) is 5.51. The van der Waals surface area contributed by atoms with Gasteiger partial charge in [0.05, 0.1) is 0 Å². The van der Waals surface area contributed by atoms with Crippen LogP contribution in [0.4, 0.5) is 8.78 Å². The average molecular weight is 286 g/mol. The van der Waals surface area contributed by atoms with E-state index in [9.17, 15) is 8.78 Å². The van der Waals surface area contributed by atoms with E-state index in [4.69, 9.17) is 10.8 Å². The van der Waals surface area contributed by atoms with Crippen molar-refractivity contribution in [2.24, 2.45) is 5.73 Å². The van der Waals surface area contributed by atoms with Crippen molar-refractivity contribution in [1.29, 1.82) is 0 Å². The van der Waals surface area contributed by atoms with Crippen molar-refractivity contribution >= 4 is 27.3 Å². The second kappa shape index (κ2) is 3.84. The Balaban J connectivity index is 3.14. The number of aliphatic hydroxyl groups is 1. The van der Waals surface area contributed by atoms with Gasteiger partial charge in [0.15, 0.2) is 0 Å². The van der Waals surface area contributed by atoms with E-state index in [0.717, 1.165) is 11.3 Å². The van der Waals surface area contributed by atoms with Crippen molar-refractivity contribution in [1.82, 2.24) is 0 Å². The summed E-state index contributed by atoms with van der Waals surface area (Å²) < 4.78 is 27.1. The van der Waals surface area contributed by atoms with Crippen LogP contribution in [0, 0.1) is 0 Å². The lowest BCUT2D eigenvalue weighted by Gasteiger charge is -2.31. The summed E-state index contributed by atoms with van der Waals surface area (Å²) in [4.78, 5) is 0.330. The number of alkyl halides is 2. The van der Waals surface area contributed by atoms with Gasteiger partial charge in [-0.05, 0) is 34.3 Å². The zero-order chi connectivity index (χ0) is 11.0. The number of aliphatic hydroxyl groups excluding tert-OH is 1. The lowest BCUT2D eigenvalue weighted by Crippen LogP contribution is -2.52. The summed E-state index contributed by atoms with van der Waals surface area (Å²) in [7, 11) is 0. The first-order chi connectivity index (χ1) is 6.33. The second-order valence-electron chi connectivity index (χ2n) is 3.16. The molecule has 0 amide bonds. The van der Waals surface area contributed by atoms with Gasteiger partial charge in [0.1, 0.15) is 12.1 Å². The van der Waals surface area contributed by atoms with Gasteiger partial charge >= 0.3 is 0 Å². The van der Waals surface area contributed by atoms with Crippen molar-refractivity contribution in [2.45, 2.75) is 18.4 Å². The van der Waals surface area contributed by atoms with Gasteiger partial charge < -0.3 is 10.8 Å². The Morgan fingerprint density at radius 2 is 2.21 bits per heavy atom. The van der Waals surface area contributed by atoms with E-state index in [0.29, 0.717) is 9.35 Å². The molecule has 0 aliphatic heterocycles. The molecule has 0 saturated heterocycles. The Kier molecular flexibility index (Phi) is 3.30. The summed E-state index contributed by atoms with van der Waals surface area (Å²) >= 11 is 4.27. The summed E-state index contributed by atoms with van der Waals surface area (Å²) in [5, 5.41) is 10.2. The highest BCUT2D eigenvalue weighted by atomic mass is 79.9. The standard InChI is InChI=1S/C8H10BrF2NOS/c1-7(12,8(10,11)4-13)6-5(9)2-3-14-6/h2-3,13H,4,12H2,1H3. The summed E-state index contributed by atoms with van der Waals surface area (Å²) in [5.74, 6) is -3.33. The molecule has 6 heteroatoms. The summed E-state index contributed by atoms with van der Waals surface area (Å²) in [6.45, 7) is -0.0514. The molecular formula is C8H10BrF2NOS. The molecule has 0 saturated carbocycles. The van der Waals surface area contributed by atoms with E-state index < -0.39 is 18.1 Å². The first kappa shape index (κ1) is 12.0. The Labute approximate surface area is 92.9 Å². The molecule has 0 aromatic carbocycles. The van der Waals surface area contributed by atoms with Gasteiger partial charge in [0, 0.05) is 9.35 Å². The summed E-state index contributed by atoms with van der Waals surface area (Å²) in [6.07, 6.45) is 0. The van der Waals surface area contributed by atoms with E-state index in [2.05, 4.69) is 15.9 Å². The molecule has 0 fully saturated rings. The van der Waals surface area contributed by atoms with Crippen molar-refractivity contribution in [2.75, 3.05) is 6.61 Å². The third kappa shape index (κ3) is 1.84. The summed E-state index contributed by atoms with van der Waals surface area (Å²) in [5.41, 5.74) is 3.69. The predicted molar refractivity (Wildman–Crippen MR) is 55.6 cm³/mol. The molecule has 1 aromatic heterocycles. The molecule has 1 rings (SSSR count). The number of halogens is 3. The molecule has 3 N–H and O–H groups in total. The molecule has 0 radical (unpaired) electrons. The highest BCUT2D eigenvalue weighted by Crippen LogP contribution is 2.40. The van der Waals surface area contributed by atoms with E-state index in [1.807, 2.05) is 0 Å². The minimum atomic E-state index is -3.33. The molecule has 0 aliphatic rings. The number of hydrogen-bond donors (Lipinski definition) is 2. The van der Waals surface area contributed by atoms with Crippen LogP contribution in [0.15, 0.2) is 15.9 Å². The zero-order valence-corrected chi connectivity index (χ0v) is 9.83. The van der Waals surface area contributed by atoms with Crippen LogP contribution in [0.3, 0.4) is 0 Å².